The Hall–Kier alpha value is -2.26. The zero-order valence-corrected chi connectivity index (χ0v) is 15.5. The van der Waals surface area contributed by atoms with Crippen LogP contribution >= 0.6 is 23.2 Å². The van der Waals surface area contributed by atoms with E-state index in [1.807, 2.05) is 0 Å². The largest absolute Gasteiger partial charge is 0.468 e. The van der Waals surface area contributed by atoms with Gasteiger partial charge in [-0.15, -0.1) is 11.6 Å². The van der Waals surface area contributed by atoms with Crippen molar-refractivity contribution < 1.29 is 22.7 Å². The number of hydrogen-bond donors (Lipinski definition) is 0. The first-order chi connectivity index (χ1) is 12.5. The van der Waals surface area contributed by atoms with Crippen LogP contribution < -0.4 is 11.2 Å². The number of alkyl halides is 4. The number of ether oxygens (including phenoxy) is 1. The molecule has 0 aliphatic carbocycles. The van der Waals surface area contributed by atoms with Crippen molar-refractivity contribution in [3.63, 3.8) is 0 Å². The molecule has 0 saturated carbocycles. The summed E-state index contributed by atoms with van der Waals surface area (Å²) in [5.41, 5.74) is -3.40. The maximum absolute atomic E-state index is 12.9. The molecular weight excluding hydrogens is 412 g/mol. The molecule has 0 radical (unpaired) electrons. The van der Waals surface area contributed by atoms with E-state index in [0.717, 1.165) is 14.2 Å². The van der Waals surface area contributed by atoms with Gasteiger partial charge in [-0.2, -0.15) is 13.2 Å². The summed E-state index contributed by atoms with van der Waals surface area (Å²) in [5, 5.41) is -0.875. The van der Waals surface area contributed by atoms with Gasteiger partial charge in [0.1, 0.15) is 11.1 Å². The number of nitrogens with zero attached hydrogens (tertiary/aromatic N) is 2. The molecule has 0 N–H and O–H groups in total. The minimum absolute atomic E-state index is 0.0116. The molecule has 0 amide bonds. The summed E-state index contributed by atoms with van der Waals surface area (Å²) in [6.07, 6.45) is -4.93. The fourth-order valence-electron chi connectivity index (χ4n) is 2.40. The maximum Gasteiger partial charge on any atom is 0.431 e. The number of benzene rings is 1. The second-order valence-corrected chi connectivity index (χ2v) is 6.45. The molecule has 1 unspecified atom stereocenters. The molecule has 1 heterocycles. The molecule has 0 saturated heterocycles. The summed E-state index contributed by atoms with van der Waals surface area (Å²) in [6.45, 7) is 0. The Bertz CT molecular complexity index is 999. The Kier molecular flexibility index (Phi) is 6.06. The monoisotopic (exact) mass is 424 g/mol. The van der Waals surface area contributed by atoms with Gasteiger partial charge in [-0.25, -0.2) is 9.36 Å². The van der Waals surface area contributed by atoms with E-state index in [0.29, 0.717) is 20.8 Å². The third-order valence-electron chi connectivity index (χ3n) is 3.75. The van der Waals surface area contributed by atoms with Gasteiger partial charge >= 0.3 is 17.8 Å². The zero-order valence-electron chi connectivity index (χ0n) is 14.0. The number of hydrogen-bond acceptors (Lipinski definition) is 4. The number of methoxy groups -OCH3 is 1. The normalized spacial score (nSPS) is 12.7. The van der Waals surface area contributed by atoms with Crippen LogP contribution in [-0.2, 0) is 29.2 Å². The van der Waals surface area contributed by atoms with Crippen molar-refractivity contribution in [2.75, 3.05) is 7.11 Å². The van der Waals surface area contributed by atoms with Crippen LogP contribution in [0.1, 0.15) is 11.3 Å². The van der Waals surface area contributed by atoms with Gasteiger partial charge in [0, 0.05) is 24.6 Å². The fraction of sp³-hybridized carbons (Fsp3) is 0.312. The number of halogens is 5. The molecule has 0 aliphatic heterocycles. The highest BCUT2D eigenvalue weighted by Crippen LogP contribution is 2.27. The number of carbonyl (C=O) groups is 1. The van der Waals surface area contributed by atoms with Crippen LogP contribution in [0, 0.1) is 0 Å². The predicted octanol–water partition coefficient (Wildman–Crippen LogP) is 2.53. The molecule has 11 heteroatoms. The van der Waals surface area contributed by atoms with Crippen LogP contribution in [0.4, 0.5) is 13.2 Å². The first kappa shape index (κ1) is 21.0. The average molecular weight is 425 g/mol. The average Bonchev–Trinajstić information content (AvgIpc) is 2.59. The Balaban J connectivity index is 2.59. The lowest BCUT2D eigenvalue weighted by molar-refractivity contribution is -0.144. The molecule has 0 fully saturated rings. The minimum atomic E-state index is -4.86. The van der Waals surface area contributed by atoms with Crippen molar-refractivity contribution in [1.29, 1.82) is 0 Å². The van der Waals surface area contributed by atoms with Gasteiger partial charge in [0.2, 0.25) is 0 Å². The minimum Gasteiger partial charge on any atom is -0.468 e. The van der Waals surface area contributed by atoms with E-state index in [9.17, 15) is 27.6 Å². The van der Waals surface area contributed by atoms with E-state index in [4.69, 9.17) is 23.2 Å². The van der Waals surface area contributed by atoms with Crippen LogP contribution in [-0.4, -0.2) is 27.6 Å². The molecule has 146 valence electrons. The summed E-state index contributed by atoms with van der Waals surface area (Å²) in [4.78, 5) is 35.9. The number of esters is 1. The van der Waals surface area contributed by atoms with Crippen molar-refractivity contribution in [3.8, 4) is 5.69 Å². The predicted molar refractivity (Wildman–Crippen MR) is 92.7 cm³/mol. The molecule has 1 atom stereocenters. The molecule has 2 aromatic rings. The Morgan fingerprint density at radius 3 is 2.44 bits per heavy atom. The van der Waals surface area contributed by atoms with Gasteiger partial charge in [-0.3, -0.25) is 14.2 Å². The molecule has 1 aromatic carbocycles. The first-order valence-electron chi connectivity index (χ1n) is 7.38. The summed E-state index contributed by atoms with van der Waals surface area (Å²) in [5.74, 6) is -0.708. The first-order valence-corrected chi connectivity index (χ1v) is 8.19. The molecular formula is C16H13Cl2F3N2O4. The quantitative estimate of drug-likeness (QED) is 0.558. The van der Waals surface area contributed by atoms with Crippen LogP contribution in [0.15, 0.2) is 33.9 Å². The highest BCUT2D eigenvalue weighted by Gasteiger charge is 2.35. The molecule has 2 rings (SSSR count). The van der Waals surface area contributed by atoms with Crippen LogP contribution in [0.5, 0.6) is 0 Å². The number of aromatic nitrogens is 2. The van der Waals surface area contributed by atoms with Gasteiger partial charge in [0.15, 0.2) is 0 Å². The smallest absolute Gasteiger partial charge is 0.431 e. The third kappa shape index (κ3) is 4.36. The standard InChI is InChI=1S/C16H13Cl2F3N2O4/c1-22-12(16(19,20)21)7-13(24)23(15(22)26)9-3-4-10(17)8(5-9)6-11(18)14(25)27-2/h3-5,7,11H,6H2,1-2H3. The van der Waals surface area contributed by atoms with Crippen LogP contribution in [0.2, 0.25) is 5.02 Å². The van der Waals surface area contributed by atoms with E-state index < -0.39 is 34.5 Å². The second kappa shape index (κ2) is 7.77. The molecule has 1 aromatic heterocycles. The highest BCUT2D eigenvalue weighted by molar-refractivity contribution is 6.32. The third-order valence-corrected chi connectivity index (χ3v) is 4.46. The van der Waals surface area contributed by atoms with Crippen LogP contribution in [0.3, 0.4) is 0 Å². The zero-order chi connectivity index (χ0) is 20.5. The summed E-state index contributed by atoms with van der Waals surface area (Å²) < 4.78 is 44.2. The topological polar surface area (TPSA) is 70.3 Å². The molecule has 0 aliphatic rings. The van der Waals surface area contributed by atoms with Crippen molar-refractivity contribution >= 4 is 29.2 Å². The van der Waals surface area contributed by atoms with E-state index in [2.05, 4.69) is 4.74 Å². The fourth-order valence-corrected chi connectivity index (χ4v) is 2.85. The van der Waals surface area contributed by atoms with E-state index in [1.54, 1.807) is 0 Å². The van der Waals surface area contributed by atoms with Gasteiger partial charge in [-0.1, -0.05) is 11.6 Å². The molecule has 6 nitrogen and oxygen atoms in total. The summed E-state index contributed by atoms with van der Waals surface area (Å²) >= 11 is 11.9. The van der Waals surface area contributed by atoms with Gasteiger partial charge in [-0.05, 0) is 23.8 Å². The van der Waals surface area contributed by atoms with E-state index >= 15 is 0 Å². The number of rotatable bonds is 4. The van der Waals surface area contributed by atoms with Gasteiger partial charge in [0.25, 0.3) is 5.56 Å². The van der Waals surface area contributed by atoms with Gasteiger partial charge < -0.3 is 4.74 Å². The SMILES string of the molecule is COC(=O)C(Cl)Cc1cc(-n2c(=O)cc(C(F)(F)F)n(C)c2=O)ccc1Cl. The van der Waals surface area contributed by atoms with Crippen molar-refractivity contribution in [3.05, 3.63) is 61.4 Å². The molecule has 27 heavy (non-hydrogen) atoms. The lowest BCUT2D eigenvalue weighted by atomic mass is 10.1. The lowest BCUT2D eigenvalue weighted by Crippen LogP contribution is -2.40. The highest BCUT2D eigenvalue weighted by atomic mass is 35.5. The van der Waals surface area contributed by atoms with Crippen molar-refractivity contribution in [1.82, 2.24) is 9.13 Å². The maximum atomic E-state index is 12.9. The Labute approximate surface area is 160 Å². The van der Waals surface area contributed by atoms with Crippen molar-refractivity contribution in [2.24, 2.45) is 7.05 Å². The molecule has 0 bridgehead atoms. The summed E-state index contributed by atoms with van der Waals surface area (Å²) in [7, 11) is 2.06. The second-order valence-electron chi connectivity index (χ2n) is 5.51. The van der Waals surface area contributed by atoms with Crippen molar-refractivity contribution in [2.45, 2.75) is 18.0 Å². The summed E-state index contributed by atoms with van der Waals surface area (Å²) in [6, 6.07) is 4.27. The lowest BCUT2D eigenvalue weighted by Gasteiger charge is -2.15. The number of carbonyl (C=O) groups excluding carboxylic acids is 1. The van der Waals surface area contributed by atoms with Gasteiger partial charge in [0.05, 0.1) is 12.8 Å². The van der Waals surface area contributed by atoms with E-state index in [-0.39, 0.29) is 17.1 Å². The Morgan fingerprint density at radius 2 is 1.89 bits per heavy atom. The molecule has 0 spiro atoms. The van der Waals surface area contributed by atoms with Crippen LogP contribution in [0.25, 0.3) is 5.69 Å². The Morgan fingerprint density at radius 1 is 1.26 bits per heavy atom. The van der Waals surface area contributed by atoms with E-state index in [1.165, 1.54) is 18.2 Å².